The number of hydrogen-bond donors (Lipinski definition) is 3. The smallest absolute Gasteiger partial charge is 0.323 e. The van der Waals surface area contributed by atoms with E-state index in [0.29, 0.717) is 39.4 Å². The second kappa shape index (κ2) is 8.96. The average Bonchev–Trinajstić information content (AvgIpc) is 2.71. The van der Waals surface area contributed by atoms with Gasteiger partial charge in [0.1, 0.15) is 17.3 Å². The fourth-order valence-corrected chi connectivity index (χ4v) is 2.68. The normalized spacial score (nSPS) is 10.1. The minimum Gasteiger partial charge on any atom is -0.495 e. The van der Waals surface area contributed by atoms with Gasteiger partial charge in [0.25, 0.3) is 0 Å². The fraction of sp³-hybridized carbons (Fsp3) is 0.100. The molecule has 0 saturated carbocycles. The van der Waals surface area contributed by atoms with Gasteiger partial charge in [-0.2, -0.15) is 0 Å². The van der Waals surface area contributed by atoms with Crippen molar-refractivity contribution in [3.05, 3.63) is 65.8 Å². The van der Waals surface area contributed by atoms with Gasteiger partial charge in [-0.05, 0) is 24.3 Å². The van der Waals surface area contributed by atoms with E-state index in [2.05, 4.69) is 20.9 Å². The molecule has 0 aliphatic rings. The lowest BCUT2D eigenvalue weighted by atomic mass is 10.2. The maximum atomic E-state index is 12.0. The monoisotopic (exact) mass is 398 g/mol. The van der Waals surface area contributed by atoms with Crippen LogP contribution in [0, 0.1) is 0 Å². The molecule has 0 aliphatic carbocycles. The van der Waals surface area contributed by atoms with Gasteiger partial charge in [0.05, 0.1) is 36.8 Å². The van der Waals surface area contributed by atoms with Gasteiger partial charge < -0.3 is 25.4 Å². The summed E-state index contributed by atoms with van der Waals surface area (Å²) in [5.74, 6) is 1.63. The quantitative estimate of drug-likeness (QED) is 0.535. The number of ether oxygens (including phenoxy) is 2. The van der Waals surface area contributed by atoms with Crippen molar-refractivity contribution in [2.24, 2.45) is 0 Å². The summed E-state index contributed by atoms with van der Waals surface area (Å²) in [4.78, 5) is 16.3. The first-order chi connectivity index (χ1) is 13.6. The largest absolute Gasteiger partial charge is 0.495 e. The molecule has 0 atom stereocenters. The van der Waals surface area contributed by atoms with Crippen molar-refractivity contribution in [1.82, 2.24) is 4.98 Å². The maximum Gasteiger partial charge on any atom is 0.323 e. The lowest BCUT2D eigenvalue weighted by molar-refractivity contribution is 0.262. The van der Waals surface area contributed by atoms with Crippen LogP contribution >= 0.6 is 11.6 Å². The zero-order valence-corrected chi connectivity index (χ0v) is 16.1. The van der Waals surface area contributed by atoms with Crippen LogP contribution in [0.3, 0.4) is 0 Å². The minimum absolute atomic E-state index is 0.349. The SMILES string of the molecule is COc1cc(Nc2ccc(NC(=O)Nc3ccccc3)cn2)c(OC)cc1Cl. The van der Waals surface area contributed by atoms with Crippen LogP contribution in [0.15, 0.2) is 60.8 Å². The summed E-state index contributed by atoms with van der Waals surface area (Å²) in [6.07, 6.45) is 1.55. The first kappa shape index (κ1) is 19.3. The molecule has 0 unspecified atom stereocenters. The van der Waals surface area contributed by atoms with Gasteiger partial charge in [0.2, 0.25) is 0 Å². The molecule has 0 spiro atoms. The number of benzene rings is 2. The summed E-state index contributed by atoms with van der Waals surface area (Å²) in [7, 11) is 3.09. The Kier molecular flexibility index (Phi) is 6.18. The zero-order valence-electron chi connectivity index (χ0n) is 15.3. The van der Waals surface area contributed by atoms with Crippen LogP contribution < -0.4 is 25.4 Å². The molecule has 0 saturated heterocycles. The van der Waals surface area contributed by atoms with Crippen LogP contribution in [0.5, 0.6) is 11.5 Å². The fourth-order valence-electron chi connectivity index (χ4n) is 2.45. The highest BCUT2D eigenvalue weighted by molar-refractivity contribution is 6.32. The van der Waals surface area contributed by atoms with E-state index < -0.39 is 0 Å². The summed E-state index contributed by atoms with van der Waals surface area (Å²) in [5, 5.41) is 9.06. The Morgan fingerprint density at radius 2 is 1.64 bits per heavy atom. The molecule has 28 heavy (non-hydrogen) atoms. The van der Waals surface area contributed by atoms with Crippen molar-refractivity contribution in [3.63, 3.8) is 0 Å². The molecule has 3 aromatic rings. The van der Waals surface area contributed by atoms with Crippen LogP contribution in [-0.2, 0) is 0 Å². The highest BCUT2D eigenvalue weighted by Crippen LogP contribution is 2.37. The molecular formula is C20H19ClN4O3. The average molecular weight is 399 g/mol. The third kappa shape index (κ3) is 4.83. The van der Waals surface area contributed by atoms with Crippen LogP contribution in [0.25, 0.3) is 0 Å². The number of amides is 2. The Hall–Kier alpha value is -3.45. The number of carbonyl (C=O) groups excluding carboxylic acids is 1. The second-order valence-corrected chi connectivity index (χ2v) is 6.10. The van der Waals surface area contributed by atoms with E-state index in [9.17, 15) is 4.79 Å². The summed E-state index contributed by atoms with van der Waals surface area (Å²) in [6.45, 7) is 0. The van der Waals surface area contributed by atoms with E-state index in [4.69, 9.17) is 21.1 Å². The van der Waals surface area contributed by atoms with Crippen molar-refractivity contribution in [2.75, 3.05) is 30.2 Å². The van der Waals surface area contributed by atoms with Crippen LogP contribution in [0.1, 0.15) is 0 Å². The van der Waals surface area contributed by atoms with E-state index in [1.807, 2.05) is 18.2 Å². The van der Waals surface area contributed by atoms with E-state index in [1.54, 1.807) is 49.7 Å². The maximum absolute atomic E-state index is 12.0. The second-order valence-electron chi connectivity index (χ2n) is 5.69. The van der Waals surface area contributed by atoms with Crippen molar-refractivity contribution < 1.29 is 14.3 Å². The summed E-state index contributed by atoms with van der Waals surface area (Å²) in [5.41, 5.74) is 1.91. The minimum atomic E-state index is -0.349. The molecule has 0 radical (unpaired) electrons. The summed E-state index contributed by atoms with van der Waals surface area (Å²) < 4.78 is 10.6. The number of carbonyl (C=O) groups is 1. The lowest BCUT2D eigenvalue weighted by Crippen LogP contribution is -2.19. The number of rotatable bonds is 6. The number of methoxy groups -OCH3 is 2. The van der Waals surface area contributed by atoms with E-state index in [0.717, 1.165) is 0 Å². The number of anilines is 4. The molecule has 8 heteroatoms. The molecule has 3 N–H and O–H groups in total. The number of urea groups is 1. The number of hydrogen-bond acceptors (Lipinski definition) is 5. The highest BCUT2D eigenvalue weighted by Gasteiger charge is 2.11. The first-order valence-electron chi connectivity index (χ1n) is 8.36. The van der Waals surface area contributed by atoms with Gasteiger partial charge in [0.15, 0.2) is 0 Å². The molecule has 0 aliphatic heterocycles. The molecule has 1 heterocycles. The summed E-state index contributed by atoms with van der Waals surface area (Å²) >= 11 is 6.12. The Morgan fingerprint density at radius 1 is 0.929 bits per heavy atom. The molecule has 1 aromatic heterocycles. The Labute approximate surface area is 167 Å². The Morgan fingerprint density at radius 3 is 2.29 bits per heavy atom. The van der Waals surface area contributed by atoms with Gasteiger partial charge in [0, 0.05) is 17.8 Å². The highest BCUT2D eigenvalue weighted by atomic mass is 35.5. The standard InChI is InChI=1S/C20H19ClN4O3/c1-27-17-11-16(18(28-2)10-15(17)21)25-19-9-8-14(12-22-19)24-20(26)23-13-6-4-3-5-7-13/h3-12H,1-2H3,(H,22,25)(H2,23,24,26). The van der Waals surface area contributed by atoms with E-state index in [1.165, 1.54) is 7.11 Å². The van der Waals surface area contributed by atoms with E-state index in [-0.39, 0.29) is 6.03 Å². The third-order valence-electron chi connectivity index (χ3n) is 3.79. The molecule has 2 amide bonds. The topological polar surface area (TPSA) is 84.5 Å². The molecule has 3 rings (SSSR count). The van der Waals surface area contributed by atoms with Gasteiger partial charge >= 0.3 is 6.03 Å². The van der Waals surface area contributed by atoms with Crippen LogP contribution in [0.2, 0.25) is 5.02 Å². The van der Waals surface area contributed by atoms with E-state index >= 15 is 0 Å². The van der Waals surface area contributed by atoms with Crippen molar-refractivity contribution >= 4 is 40.5 Å². The number of para-hydroxylation sites is 1. The molecule has 7 nitrogen and oxygen atoms in total. The summed E-state index contributed by atoms with van der Waals surface area (Å²) in [6, 6.07) is 15.7. The van der Waals surface area contributed by atoms with Gasteiger partial charge in [-0.25, -0.2) is 9.78 Å². The molecule has 2 aromatic carbocycles. The van der Waals surface area contributed by atoms with Gasteiger partial charge in [-0.15, -0.1) is 0 Å². The zero-order chi connectivity index (χ0) is 19.9. The number of aromatic nitrogens is 1. The lowest BCUT2D eigenvalue weighted by Gasteiger charge is -2.14. The number of pyridine rings is 1. The first-order valence-corrected chi connectivity index (χ1v) is 8.74. The number of nitrogens with zero attached hydrogens (tertiary/aromatic N) is 1. The predicted octanol–water partition coefficient (Wildman–Crippen LogP) is 5.14. The van der Waals surface area contributed by atoms with Crippen molar-refractivity contribution in [1.29, 1.82) is 0 Å². The van der Waals surface area contributed by atoms with Gasteiger partial charge in [-0.1, -0.05) is 29.8 Å². The number of halogens is 1. The number of nitrogens with one attached hydrogen (secondary N) is 3. The molecule has 144 valence electrons. The molecule has 0 fully saturated rings. The van der Waals surface area contributed by atoms with Gasteiger partial charge in [-0.3, -0.25) is 0 Å². The molecular weight excluding hydrogens is 380 g/mol. The van der Waals surface area contributed by atoms with Crippen LogP contribution in [-0.4, -0.2) is 25.2 Å². The Bertz CT molecular complexity index is 950. The van der Waals surface area contributed by atoms with Crippen molar-refractivity contribution in [2.45, 2.75) is 0 Å². The predicted molar refractivity (Wildman–Crippen MR) is 111 cm³/mol. The van der Waals surface area contributed by atoms with Crippen LogP contribution in [0.4, 0.5) is 27.7 Å². The van der Waals surface area contributed by atoms with Crippen molar-refractivity contribution in [3.8, 4) is 11.5 Å². The Balaban J connectivity index is 1.67. The molecule has 0 bridgehead atoms. The third-order valence-corrected chi connectivity index (χ3v) is 4.09.